The fourth-order valence-electron chi connectivity index (χ4n) is 1.82. The molecule has 0 amide bonds. The average molecular weight is 218 g/mol. The molecular formula is C14H22N2. The third-order valence-corrected chi connectivity index (χ3v) is 3.09. The van der Waals surface area contributed by atoms with Crippen molar-refractivity contribution in [2.24, 2.45) is 0 Å². The maximum Gasteiger partial charge on any atom is 0.100 e. The molecule has 0 aliphatic rings. The van der Waals surface area contributed by atoms with E-state index in [1.54, 1.807) is 0 Å². The number of aryl methyl sites for hydroxylation is 2. The zero-order chi connectivity index (χ0) is 12.1. The van der Waals surface area contributed by atoms with E-state index in [4.69, 9.17) is 5.41 Å². The van der Waals surface area contributed by atoms with Gasteiger partial charge in [-0.15, -0.1) is 0 Å². The third-order valence-electron chi connectivity index (χ3n) is 3.09. The zero-order valence-electron chi connectivity index (χ0n) is 10.8. The van der Waals surface area contributed by atoms with Gasteiger partial charge in [0, 0.05) is 19.5 Å². The standard InChI is InChI=1S/C14H22N2/c1-5-16(6-2)14(15)10-13-8-7-11(3)12(4)9-13/h7-9,15H,5-6,10H2,1-4H3. The number of nitrogens with zero attached hydrogens (tertiary/aromatic N) is 1. The summed E-state index contributed by atoms with van der Waals surface area (Å²) in [6.07, 6.45) is 0.739. The Kier molecular flexibility index (Phi) is 4.53. The van der Waals surface area contributed by atoms with Crippen LogP contribution in [0.5, 0.6) is 0 Å². The van der Waals surface area contributed by atoms with E-state index in [0.717, 1.165) is 19.5 Å². The molecule has 1 rings (SSSR count). The van der Waals surface area contributed by atoms with Crippen LogP contribution in [0.25, 0.3) is 0 Å². The van der Waals surface area contributed by atoms with Crippen LogP contribution in [0.3, 0.4) is 0 Å². The summed E-state index contributed by atoms with van der Waals surface area (Å²) in [5, 5.41) is 8.03. The molecule has 16 heavy (non-hydrogen) atoms. The summed E-state index contributed by atoms with van der Waals surface area (Å²) in [7, 11) is 0. The lowest BCUT2D eigenvalue weighted by molar-refractivity contribution is 0.455. The normalized spacial score (nSPS) is 10.2. The van der Waals surface area contributed by atoms with E-state index < -0.39 is 0 Å². The predicted octanol–water partition coefficient (Wildman–Crippen LogP) is 3.17. The molecule has 0 bridgehead atoms. The molecular weight excluding hydrogens is 196 g/mol. The van der Waals surface area contributed by atoms with Gasteiger partial charge in [0.2, 0.25) is 0 Å². The fourth-order valence-corrected chi connectivity index (χ4v) is 1.82. The van der Waals surface area contributed by atoms with Gasteiger partial charge in [0.25, 0.3) is 0 Å². The van der Waals surface area contributed by atoms with Crippen molar-refractivity contribution in [1.29, 1.82) is 5.41 Å². The molecule has 0 atom stereocenters. The van der Waals surface area contributed by atoms with E-state index in [1.807, 2.05) is 0 Å². The molecule has 1 N–H and O–H groups in total. The number of nitrogens with one attached hydrogen (secondary N) is 1. The van der Waals surface area contributed by atoms with Crippen molar-refractivity contribution >= 4 is 5.84 Å². The summed E-state index contributed by atoms with van der Waals surface area (Å²) < 4.78 is 0. The fraction of sp³-hybridized carbons (Fsp3) is 0.500. The molecule has 1 aromatic carbocycles. The van der Waals surface area contributed by atoms with Crippen LogP contribution in [0.1, 0.15) is 30.5 Å². The molecule has 88 valence electrons. The molecule has 0 aromatic heterocycles. The minimum Gasteiger partial charge on any atom is -0.361 e. The predicted molar refractivity (Wildman–Crippen MR) is 70.3 cm³/mol. The molecule has 2 nitrogen and oxygen atoms in total. The first-order chi connectivity index (χ1) is 7.58. The second kappa shape index (κ2) is 5.69. The van der Waals surface area contributed by atoms with Crippen molar-refractivity contribution in [2.45, 2.75) is 34.1 Å². The third kappa shape index (κ3) is 3.09. The topological polar surface area (TPSA) is 27.1 Å². The van der Waals surface area contributed by atoms with Gasteiger partial charge in [0.1, 0.15) is 5.84 Å². The number of hydrogen-bond donors (Lipinski definition) is 1. The van der Waals surface area contributed by atoms with Crippen molar-refractivity contribution in [3.8, 4) is 0 Å². The summed E-state index contributed by atoms with van der Waals surface area (Å²) >= 11 is 0. The first-order valence-corrected chi connectivity index (χ1v) is 5.97. The first-order valence-electron chi connectivity index (χ1n) is 5.97. The minimum atomic E-state index is 0.716. The molecule has 0 spiro atoms. The lowest BCUT2D eigenvalue weighted by Gasteiger charge is -2.21. The van der Waals surface area contributed by atoms with Crippen LogP contribution in [-0.4, -0.2) is 23.8 Å². The number of likely N-dealkylation sites (N-methyl/N-ethyl adjacent to an activating group) is 1. The van der Waals surface area contributed by atoms with Crippen LogP contribution in [0.2, 0.25) is 0 Å². The molecule has 0 fully saturated rings. The van der Waals surface area contributed by atoms with Crippen LogP contribution in [0, 0.1) is 19.3 Å². The Morgan fingerprint density at radius 3 is 2.25 bits per heavy atom. The SMILES string of the molecule is CCN(CC)C(=N)Cc1ccc(C)c(C)c1. The number of benzene rings is 1. The molecule has 0 heterocycles. The summed E-state index contributed by atoms with van der Waals surface area (Å²) in [6, 6.07) is 6.45. The Balaban J connectivity index is 2.73. The summed E-state index contributed by atoms with van der Waals surface area (Å²) in [5.41, 5.74) is 3.86. The Bertz CT molecular complexity index is 365. The number of hydrogen-bond acceptors (Lipinski definition) is 1. The van der Waals surface area contributed by atoms with E-state index in [0.29, 0.717) is 5.84 Å². The van der Waals surface area contributed by atoms with E-state index in [-0.39, 0.29) is 0 Å². The average Bonchev–Trinajstić information content (AvgIpc) is 2.25. The van der Waals surface area contributed by atoms with Crippen LogP contribution in [0.4, 0.5) is 0 Å². The lowest BCUT2D eigenvalue weighted by atomic mass is 10.0. The van der Waals surface area contributed by atoms with E-state index in [9.17, 15) is 0 Å². The molecule has 0 saturated heterocycles. The maximum atomic E-state index is 8.03. The van der Waals surface area contributed by atoms with Gasteiger partial charge in [0.15, 0.2) is 0 Å². The van der Waals surface area contributed by atoms with Crippen LogP contribution in [0.15, 0.2) is 18.2 Å². The van der Waals surface area contributed by atoms with Gasteiger partial charge in [-0.25, -0.2) is 0 Å². The van der Waals surface area contributed by atoms with Gasteiger partial charge in [0.05, 0.1) is 0 Å². The first kappa shape index (κ1) is 12.8. The highest BCUT2D eigenvalue weighted by molar-refractivity contribution is 5.81. The Morgan fingerprint density at radius 1 is 1.12 bits per heavy atom. The van der Waals surface area contributed by atoms with Gasteiger partial charge in [-0.2, -0.15) is 0 Å². The van der Waals surface area contributed by atoms with Gasteiger partial charge in [-0.05, 0) is 44.4 Å². The molecule has 1 aromatic rings. The highest BCUT2D eigenvalue weighted by Crippen LogP contribution is 2.11. The second-order valence-electron chi connectivity index (χ2n) is 4.21. The number of rotatable bonds is 4. The molecule has 0 radical (unpaired) electrons. The Hall–Kier alpha value is -1.31. The summed E-state index contributed by atoms with van der Waals surface area (Å²) in [5.74, 6) is 0.716. The summed E-state index contributed by atoms with van der Waals surface area (Å²) in [4.78, 5) is 2.09. The number of amidine groups is 1. The molecule has 0 aliphatic carbocycles. The van der Waals surface area contributed by atoms with Gasteiger partial charge < -0.3 is 4.90 Å². The van der Waals surface area contributed by atoms with Crippen molar-refractivity contribution in [2.75, 3.05) is 13.1 Å². The van der Waals surface area contributed by atoms with Gasteiger partial charge in [-0.1, -0.05) is 18.2 Å². The van der Waals surface area contributed by atoms with Crippen LogP contribution >= 0.6 is 0 Å². The molecule has 0 unspecified atom stereocenters. The molecule has 0 saturated carbocycles. The van der Waals surface area contributed by atoms with Crippen LogP contribution < -0.4 is 0 Å². The van der Waals surface area contributed by atoms with E-state index in [2.05, 4.69) is 50.8 Å². The van der Waals surface area contributed by atoms with Gasteiger partial charge >= 0.3 is 0 Å². The highest BCUT2D eigenvalue weighted by atomic mass is 15.1. The van der Waals surface area contributed by atoms with Crippen molar-refractivity contribution < 1.29 is 0 Å². The van der Waals surface area contributed by atoms with E-state index in [1.165, 1.54) is 16.7 Å². The Labute approximate surface area is 98.8 Å². The maximum absolute atomic E-state index is 8.03. The van der Waals surface area contributed by atoms with Gasteiger partial charge in [-0.3, -0.25) is 5.41 Å². The summed E-state index contributed by atoms with van der Waals surface area (Å²) in [6.45, 7) is 10.3. The van der Waals surface area contributed by atoms with Crippen molar-refractivity contribution in [1.82, 2.24) is 4.90 Å². The highest BCUT2D eigenvalue weighted by Gasteiger charge is 2.06. The monoisotopic (exact) mass is 218 g/mol. The second-order valence-corrected chi connectivity index (χ2v) is 4.21. The van der Waals surface area contributed by atoms with Crippen molar-refractivity contribution in [3.63, 3.8) is 0 Å². The molecule has 2 heteroatoms. The minimum absolute atomic E-state index is 0.716. The van der Waals surface area contributed by atoms with E-state index >= 15 is 0 Å². The van der Waals surface area contributed by atoms with Crippen LogP contribution in [-0.2, 0) is 6.42 Å². The van der Waals surface area contributed by atoms with Crippen molar-refractivity contribution in [3.05, 3.63) is 34.9 Å². The zero-order valence-corrected chi connectivity index (χ0v) is 10.8. The largest absolute Gasteiger partial charge is 0.361 e. The lowest BCUT2D eigenvalue weighted by Crippen LogP contribution is -2.31. The Morgan fingerprint density at radius 2 is 1.75 bits per heavy atom. The molecule has 0 aliphatic heterocycles. The smallest absolute Gasteiger partial charge is 0.100 e. The quantitative estimate of drug-likeness (QED) is 0.610.